The second kappa shape index (κ2) is 12.9. The van der Waals surface area contributed by atoms with Crippen LogP contribution in [0.15, 0.2) is 79.0 Å². The van der Waals surface area contributed by atoms with E-state index in [2.05, 4.69) is 21.7 Å². The summed E-state index contributed by atoms with van der Waals surface area (Å²) in [6, 6.07) is 25.7. The van der Waals surface area contributed by atoms with Gasteiger partial charge >= 0.3 is 0 Å². The Morgan fingerprint density at radius 3 is 2.14 bits per heavy atom. The molecule has 5 nitrogen and oxygen atoms in total. The van der Waals surface area contributed by atoms with Gasteiger partial charge in [0.05, 0.1) is 17.3 Å². The largest absolute Gasteiger partial charge is 0.382 e. The van der Waals surface area contributed by atoms with Crippen molar-refractivity contribution in [2.24, 2.45) is 0 Å². The van der Waals surface area contributed by atoms with Crippen LogP contribution in [-0.4, -0.2) is 24.6 Å². The van der Waals surface area contributed by atoms with Crippen LogP contribution in [0.3, 0.4) is 0 Å². The van der Waals surface area contributed by atoms with Crippen LogP contribution in [0.5, 0.6) is 0 Å². The highest BCUT2D eigenvalue weighted by molar-refractivity contribution is 5.60. The van der Waals surface area contributed by atoms with Crippen LogP contribution in [-0.2, 0) is 6.42 Å². The molecule has 0 spiro atoms. The van der Waals surface area contributed by atoms with Crippen molar-refractivity contribution in [3.05, 3.63) is 90.1 Å². The molecule has 28 heavy (non-hydrogen) atoms. The first kappa shape index (κ1) is 20.9. The van der Waals surface area contributed by atoms with Gasteiger partial charge in [-0.15, -0.1) is 0 Å². The van der Waals surface area contributed by atoms with Crippen LogP contribution in [0.1, 0.15) is 17.5 Å². The first-order chi connectivity index (χ1) is 13.8. The molecule has 0 aliphatic rings. The lowest BCUT2D eigenvalue weighted by Crippen LogP contribution is -2.20. The molecular formula is C23H27N5. The third kappa shape index (κ3) is 8.35. The monoisotopic (exact) mass is 373 g/mol. The van der Waals surface area contributed by atoms with E-state index in [-0.39, 0.29) is 0 Å². The molecule has 0 saturated heterocycles. The van der Waals surface area contributed by atoms with Gasteiger partial charge in [-0.3, -0.25) is 0 Å². The van der Waals surface area contributed by atoms with Crippen molar-refractivity contribution in [3.8, 4) is 6.07 Å². The van der Waals surface area contributed by atoms with Crippen molar-refractivity contribution in [1.82, 2.24) is 10.3 Å². The Morgan fingerprint density at radius 2 is 1.54 bits per heavy atom. The molecule has 0 atom stereocenters. The highest BCUT2D eigenvalue weighted by atomic mass is 15.0. The topological polar surface area (TPSA) is 86.8 Å². The van der Waals surface area contributed by atoms with Crippen LogP contribution in [0.2, 0.25) is 0 Å². The summed E-state index contributed by atoms with van der Waals surface area (Å²) >= 11 is 0. The van der Waals surface area contributed by atoms with Gasteiger partial charge in [-0.05, 0) is 55.8 Å². The van der Waals surface area contributed by atoms with Crippen LogP contribution >= 0.6 is 0 Å². The maximum absolute atomic E-state index is 8.74. The molecule has 0 fully saturated rings. The maximum atomic E-state index is 8.74. The van der Waals surface area contributed by atoms with Gasteiger partial charge in [0.25, 0.3) is 0 Å². The standard InChI is InChI=1S/C17H21N5.C6H6/c18-13-15-6-4-14(5-7-15)8-12-20-9-2-11-21-16-3-1-10-22-17(16)19;1-2-4-6-5-3-1/h1,3-7,10,20-21H,2,8-9,11-12H2,(H2,19,22);1-6H. The summed E-state index contributed by atoms with van der Waals surface area (Å²) in [5, 5.41) is 15.4. The van der Waals surface area contributed by atoms with Crippen LogP contribution in [0.25, 0.3) is 0 Å². The minimum absolute atomic E-state index is 0.538. The lowest BCUT2D eigenvalue weighted by atomic mass is 10.1. The molecule has 4 N–H and O–H groups in total. The minimum atomic E-state index is 0.538. The Balaban J connectivity index is 0.000000397. The summed E-state index contributed by atoms with van der Waals surface area (Å²) < 4.78 is 0. The summed E-state index contributed by atoms with van der Waals surface area (Å²) in [5.74, 6) is 0.538. The maximum Gasteiger partial charge on any atom is 0.146 e. The molecule has 2 aromatic carbocycles. The summed E-state index contributed by atoms with van der Waals surface area (Å²) in [6.07, 6.45) is 3.67. The number of benzene rings is 2. The third-order valence-electron chi connectivity index (χ3n) is 4.02. The number of hydrogen-bond acceptors (Lipinski definition) is 5. The molecule has 1 heterocycles. The Hall–Kier alpha value is -3.36. The second-order valence-corrected chi connectivity index (χ2v) is 6.18. The highest BCUT2D eigenvalue weighted by Gasteiger charge is 1.97. The van der Waals surface area contributed by atoms with Crippen molar-refractivity contribution in [3.63, 3.8) is 0 Å². The molecular weight excluding hydrogens is 346 g/mol. The molecule has 0 saturated carbocycles. The fraction of sp³-hybridized carbons (Fsp3) is 0.217. The number of nitriles is 1. The Kier molecular flexibility index (Phi) is 9.66. The first-order valence-corrected chi connectivity index (χ1v) is 9.44. The van der Waals surface area contributed by atoms with Gasteiger partial charge in [-0.25, -0.2) is 4.98 Å². The third-order valence-corrected chi connectivity index (χ3v) is 4.02. The van der Waals surface area contributed by atoms with Crippen LogP contribution < -0.4 is 16.4 Å². The predicted molar refractivity (Wildman–Crippen MR) is 116 cm³/mol. The average Bonchev–Trinajstić information content (AvgIpc) is 2.76. The number of anilines is 2. The number of aromatic nitrogens is 1. The molecule has 1 aromatic heterocycles. The number of nitrogens with zero attached hydrogens (tertiary/aromatic N) is 2. The van der Waals surface area contributed by atoms with Gasteiger partial charge in [-0.1, -0.05) is 48.5 Å². The lowest BCUT2D eigenvalue weighted by molar-refractivity contribution is 0.660. The van der Waals surface area contributed by atoms with Gasteiger partial charge in [-0.2, -0.15) is 5.26 Å². The summed E-state index contributed by atoms with van der Waals surface area (Å²) in [7, 11) is 0. The van der Waals surface area contributed by atoms with E-state index >= 15 is 0 Å². The zero-order valence-electron chi connectivity index (χ0n) is 16.0. The zero-order chi connectivity index (χ0) is 19.9. The van der Waals surface area contributed by atoms with E-state index in [1.165, 1.54) is 5.56 Å². The van der Waals surface area contributed by atoms with Gasteiger partial charge in [0.2, 0.25) is 0 Å². The lowest BCUT2D eigenvalue weighted by Gasteiger charge is -2.09. The van der Waals surface area contributed by atoms with Crippen molar-refractivity contribution in [2.45, 2.75) is 12.8 Å². The number of nitrogen functional groups attached to an aromatic ring is 1. The fourth-order valence-electron chi connectivity index (χ4n) is 2.49. The van der Waals surface area contributed by atoms with E-state index in [0.717, 1.165) is 38.2 Å². The quantitative estimate of drug-likeness (QED) is 0.522. The van der Waals surface area contributed by atoms with E-state index in [1.54, 1.807) is 6.20 Å². The smallest absolute Gasteiger partial charge is 0.146 e. The normalized spacial score (nSPS) is 9.68. The van der Waals surface area contributed by atoms with E-state index in [0.29, 0.717) is 11.4 Å². The van der Waals surface area contributed by atoms with Gasteiger partial charge in [0, 0.05) is 12.7 Å². The summed E-state index contributed by atoms with van der Waals surface area (Å²) in [5.41, 5.74) is 8.60. The molecule has 0 radical (unpaired) electrons. The number of pyridine rings is 1. The van der Waals surface area contributed by atoms with Crippen molar-refractivity contribution >= 4 is 11.5 Å². The second-order valence-electron chi connectivity index (χ2n) is 6.18. The molecule has 144 valence electrons. The Labute approximate surface area is 167 Å². The first-order valence-electron chi connectivity index (χ1n) is 9.44. The molecule has 0 aliphatic heterocycles. The fourth-order valence-corrected chi connectivity index (χ4v) is 2.49. The van der Waals surface area contributed by atoms with Gasteiger partial charge in [0.1, 0.15) is 5.82 Å². The Bertz CT molecular complexity index is 799. The number of nitrogens with one attached hydrogen (secondary N) is 2. The Morgan fingerprint density at radius 1 is 0.857 bits per heavy atom. The number of rotatable bonds is 8. The highest BCUT2D eigenvalue weighted by Crippen LogP contribution is 2.12. The summed E-state index contributed by atoms with van der Waals surface area (Å²) in [6.45, 7) is 2.74. The van der Waals surface area contributed by atoms with Gasteiger partial charge < -0.3 is 16.4 Å². The van der Waals surface area contributed by atoms with E-state index in [4.69, 9.17) is 11.0 Å². The van der Waals surface area contributed by atoms with Crippen molar-refractivity contribution in [1.29, 1.82) is 5.26 Å². The van der Waals surface area contributed by atoms with E-state index < -0.39 is 0 Å². The van der Waals surface area contributed by atoms with Crippen molar-refractivity contribution in [2.75, 3.05) is 30.7 Å². The van der Waals surface area contributed by atoms with Crippen LogP contribution in [0, 0.1) is 11.3 Å². The molecule has 5 heteroatoms. The van der Waals surface area contributed by atoms with E-state index in [1.807, 2.05) is 72.8 Å². The molecule has 3 rings (SSSR count). The molecule has 0 aliphatic carbocycles. The molecule has 0 bridgehead atoms. The number of hydrogen-bond donors (Lipinski definition) is 3. The van der Waals surface area contributed by atoms with Crippen LogP contribution in [0.4, 0.5) is 11.5 Å². The zero-order valence-corrected chi connectivity index (χ0v) is 16.0. The molecule has 3 aromatic rings. The van der Waals surface area contributed by atoms with Crippen molar-refractivity contribution < 1.29 is 0 Å². The number of nitrogens with two attached hydrogens (primary N) is 1. The summed E-state index contributed by atoms with van der Waals surface area (Å²) in [4.78, 5) is 4.03. The predicted octanol–water partition coefficient (Wildman–Crippen LogP) is 3.86. The SMILES string of the molecule is N#Cc1ccc(CCNCCCNc2cccnc2N)cc1.c1ccccc1. The average molecular weight is 374 g/mol. The molecule has 0 unspecified atom stereocenters. The van der Waals surface area contributed by atoms with Gasteiger partial charge in [0.15, 0.2) is 0 Å². The van der Waals surface area contributed by atoms with E-state index in [9.17, 15) is 0 Å². The molecule has 0 amide bonds. The minimum Gasteiger partial charge on any atom is -0.382 e.